The van der Waals surface area contributed by atoms with Crippen LogP contribution >= 0.6 is 0 Å². The van der Waals surface area contributed by atoms with Crippen molar-refractivity contribution in [2.45, 2.75) is 38.1 Å². The summed E-state index contributed by atoms with van der Waals surface area (Å²) in [6.07, 6.45) is 4.41. The van der Waals surface area contributed by atoms with E-state index in [-0.39, 0.29) is 6.61 Å². The van der Waals surface area contributed by atoms with Crippen molar-refractivity contribution in [2.75, 3.05) is 6.61 Å². The molecule has 168 valence electrons. The third kappa shape index (κ3) is 8.12. The molecule has 0 aliphatic carbocycles. The van der Waals surface area contributed by atoms with Gasteiger partial charge in [-0.25, -0.2) is 0 Å². The fourth-order valence-electron chi connectivity index (χ4n) is 3.30. The van der Waals surface area contributed by atoms with E-state index in [1.54, 1.807) is 0 Å². The molecule has 0 amide bonds. The van der Waals surface area contributed by atoms with E-state index in [2.05, 4.69) is 15.9 Å². The average molecular weight is 442 g/mol. The van der Waals surface area contributed by atoms with Crippen molar-refractivity contribution in [3.8, 4) is 12.3 Å². The van der Waals surface area contributed by atoms with Crippen molar-refractivity contribution in [1.82, 2.24) is 0 Å². The summed E-state index contributed by atoms with van der Waals surface area (Å²) in [6.45, 7) is 1.14. The Kier molecular flexibility index (Phi) is 10.0. The number of nitrogens with zero attached hydrogens (tertiary/aromatic N) is 3. The predicted octanol–water partition coefficient (Wildman–Crippen LogP) is 5.69. The first-order valence-electron chi connectivity index (χ1n) is 10.7. The average Bonchev–Trinajstić information content (AvgIpc) is 2.87. The molecule has 0 heterocycles. The molecule has 33 heavy (non-hydrogen) atoms. The smallest absolute Gasteiger partial charge is 0.144 e. The van der Waals surface area contributed by atoms with E-state index < -0.39 is 18.2 Å². The maximum atomic E-state index is 9.20. The molecule has 0 N–H and O–H groups in total. The molecule has 6 heteroatoms. The van der Waals surface area contributed by atoms with Crippen LogP contribution in [0.25, 0.3) is 10.4 Å². The summed E-state index contributed by atoms with van der Waals surface area (Å²) in [5.74, 6) is 2.67. The molecule has 0 bridgehead atoms. The van der Waals surface area contributed by atoms with Gasteiger partial charge in [-0.2, -0.15) is 0 Å². The van der Waals surface area contributed by atoms with E-state index in [0.29, 0.717) is 19.8 Å². The van der Waals surface area contributed by atoms with Crippen LogP contribution < -0.4 is 0 Å². The molecule has 3 rings (SSSR count). The molecule has 0 saturated heterocycles. The number of azide groups is 1. The van der Waals surface area contributed by atoms with Gasteiger partial charge in [0, 0.05) is 4.91 Å². The highest BCUT2D eigenvalue weighted by molar-refractivity contribution is 5.16. The summed E-state index contributed by atoms with van der Waals surface area (Å²) in [4.78, 5) is 3.01. The molecule has 0 spiro atoms. The van der Waals surface area contributed by atoms with Crippen molar-refractivity contribution in [3.63, 3.8) is 0 Å². The van der Waals surface area contributed by atoms with Gasteiger partial charge in [-0.1, -0.05) is 102 Å². The Labute approximate surface area is 194 Å². The molecule has 0 unspecified atom stereocenters. The van der Waals surface area contributed by atoms with Gasteiger partial charge in [0.25, 0.3) is 0 Å². The maximum Gasteiger partial charge on any atom is 0.144 e. The second-order valence-electron chi connectivity index (χ2n) is 7.42. The topological polar surface area (TPSA) is 76.5 Å². The second-order valence-corrected chi connectivity index (χ2v) is 7.42. The Morgan fingerprint density at radius 2 is 1.24 bits per heavy atom. The lowest BCUT2D eigenvalue weighted by atomic mass is 10.1. The van der Waals surface area contributed by atoms with Crippen LogP contribution in [0.15, 0.2) is 96.1 Å². The Morgan fingerprint density at radius 1 is 0.758 bits per heavy atom. The quantitative estimate of drug-likeness (QED) is 0.148. The first kappa shape index (κ1) is 24.1. The normalized spacial score (nSPS) is 13.3. The van der Waals surface area contributed by atoms with Crippen LogP contribution in [0.3, 0.4) is 0 Å². The molecule has 3 atom stereocenters. The molecule has 0 aliphatic rings. The Hall–Kier alpha value is -3.59. The third-order valence-corrected chi connectivity index (χ3v) is 5.00. The lowest BCUT2D eigenvalue weighted by molar-refractivity contribution is -0.0824. The van der Waals surface area contributed by atoms with Gasteiger partial charge in [0.15, 0.2) is 0 Å². The van der Waals surface area contributed by atoms with Crippen molar-refractivity contribution in [2.24, 2.45) is 5.11 Å². The highest BCUT2D eigenvalue weighted by atomic mass is 16.5. The lowest BCUT2D eigenvalue weighted by Gasteiger charge is -2.29. The maximum absolute atomic E-state index is 9.20. The zero-order chi connectivity index (χ0) is 23.1. The second kappa shape index (κ2) is 13.7. The van der Waals surface area contributed by atoms with E-state index in [4.69, 9.17) is 20.6 Å². The van der Waals surface area contributed by atoms with Crippen molar-refractivity contribution in [1.29, 1.82) is 0 Å². The van der Waals surface area contributed by atoms with Gasteiger partial charge < -0.3 is 14.2 Å². The molecule has 0 aromatic heterocycles. The van der Waals surface area contributed by atoms with E-state index in [1.807, 2.05) is 91.0 Å². The summed E-state index contributed by atoms with van der Waals surface area (Å²) < 4.78 is 18.1. The van der Waals surface area contributed by atoms with Crippen LogP contribution in [0.4, 0.5) is 0 Å². The van der Waals surface area contributed by atoms with Gasteiger partial charge in [0.05, 0.1) is 32.5 Å². The highest BCUT2D eigenvalue weighted by Gasteiger charge is 2.30. The predicted molar refractivity (Wildman–Crippen MR) is 128 cm³/mol. The van der Waals surface area contributed by atoms with E-state index >= 15 is 0 Å². The van der Waals surface area contributed by atoms with Gasteiger partial charge in [0.1, 0.15) is 12.2 Å². The summed E-state index contributed by atoms with van der Waals surface area (Å²) in [6, 6.07) is 28.6. The molecule has 3 aromatic carbocycles. The van der Waals surface area contributed by atoms with Crippen molar-refractivity contribution >= 4 is 0 Å². The zero-order valence-electron chi connectivity index (χ0n) is 18.4. The minimum atomic E-state index is -0.732. The van der Waals surface area contributed by atoms with Crippen LogP contribution in [-0.2, 0) is 34.0 Å². The molecule has 0 fully saturated rings. The minimum absolute atomic E-state index is 0.144. The van der Waals surface area contributed by atoms with Crippen LogP contribution in [0, 0.1) is 12.3 Å². The van der Waals surface area contributed by atoms with Crippen LogP contribution in [0.2, 0.25) is 0 Å². The van der Waals surface area contributed by atoms with Crippen molar-refractivity contribution < 1.29 is 14.2 Å². The molecule has 0 saturated carbocycles. The summed E-state index contributed by atoms with van der Waals surface area (Å²) in [7, 11) is 0. The fourth-order valence-corrected chi connectivity index (χ4v) is 3.30. The summed E-state index contributed by atoms with van der Waals surface area (Å²) in [5, 5.41) is 3.95. The first-order valence-corrected chi connectivity index (χ1v) is 10.7. The summed E-state index contributed by atoms with van der Waals surface area (Å²) >= 11 is 0. The van der Waals surface area contributed by atoms with Crippen molar-refractivity contribution in [3.05, 3.63) is 118 Å². The first-order chi connectivity index (χ1) is 16.3. The lowest BCUT2D eigenvalue weighted by Crippen LogP contribution is -2.42. The van der Waals surface area contributed by atoms with E-state index in [1.165, 1.54) is 0 Å². The Morgan fingerprint density at radius 3 is 1.73 bits per heavy atom. The molecule has 0 aliphatic heterocycles. The SMILES string of the molecule is C#C[C@@H](OCc1ccccc1)[C@H](OCc1ccccc1)[C@H](COCc1ccccc1)N=[N+]=[N-]. The standard InChI is InChI=1S/C27H27N3O3/c1-2-26(32-19-23-14-8-4-9-15-23)27(33-20-24-16-10-5-11-17-24)25(29-30-28)21-31-18-22-12-6-3-7-13-22/h1,3-17,25-27H,18-21H2/t25-,26+,27+/m0/s1. The fraction of sp³-hybridized carbons (Fsp3) is 0.259. The van der Waals surface area contributed by atoms with Gasteiger partial charge in [-0.15, -0.1) is 6.42 Å². The van der Waals surface area contributed by atoms with E-state index in [0.717, 1.165) is 16.7 Å². The molecular formula is C27H27N3O3. The van der Waals surface area contributed by atoms with E-state index in [9.17, 15) is 5.53 Å². The number of terminal acetylenes is 1. The molecule has 3 aromatic rings. The van der Waals surface area contributed by atoms with Gasteiger partial charge in [-0.3, -0.25) is 0 Å². The summed E-state index contributed by atoms with van der Waals surface area (Å²) in [5.41, 5.74) is 12.2. The monoisotopic (exact) mass is 441 g/mol. The van der Waals surface area contributed by atoms with Crippen LogP contribution in [-0.4, -0.2) is 24.9 Å². The van der Waals surface area contributed by atoms with Gasteiger partial charge >= 0.3 is 0 Å². The minimum Gasteiger partial charge on any atom is -0.376 e. The molecular weight excluding hydrogens is 414 g/mol. The molecule has 0 radical (unpaired) electrons. The zero-order valence-corrected chi connectivity index (χ0v) is 18.4. The Bertz CT molecular complexity index is 1030. The van der Waals surface area contributed by atoms with Gasteiger partial charge in [0.2, 0.25) is 0 Å². The third-order valence-electron chi connectivity index (χ3n) is 5.00. The van der Waals surface area contributed by atoms with Gasteiger partial charge in [-0.05, 0) is 22.2 Å². The van der Waals surface area contributed by atoms with Crippen LogP contribution in [0.1, 0.15) is 16.7 Å². The number of hydrogen-bond acceptors (Lipinski definition) is 4. The van der Waals surface area contributed by atoms with Crippen LogP contribution in [0.5, 0.6) is 0 Å². The molecule has 6 nitrogen and oxygen atoms in total. The Balaban J connectivity index is 1.72. The number of benzene rings is 3. The largest absolute Gasteiger partial charge is 0.376 e. The number of hydrogen-bond donors (Lipinski definition) is 0. The number of rotatable bonds is 13. The highest BCUT2D eigenvalue weighted by Crippen LogP contribution is 2.18. The number of ether oxygens (including phenoxy) is 3.